The van der Waals surface area contributed by atoms with E-state index in [9.17, 15) is 13.2 Å². The van der Waals surface area contributed by atoms with Crippen LogP contribution in [-0.2, 0) is 12.7 Å². The van der Waals surface area contributed by atoms with E-state index in [2.05, 4.69) is 25.3 Å². The van der Waals surface area contributed by atoms with Crippen LogP contribution in [0.1, 0.15) is 25.0 Å². The molecule has 2 aromatic heterocycles. The highest BCUT2D eigenvalue weighted by atomic mass is 19.4. The van der Waals surface area contributed by atoms with Crippen LogP contribution in [0.25, 0.3) is 0 Å². The molecule has 3 heterocycles. The van der Waals surface area contributed by atoms with Crippen LogP contribution in [0.3, 0.4) is 0 Å². The summed E-state index contributed by atoms with van der Waals surface area (Å²) in [5.74, 6) is -0.0968. The Kier molecular flexibility index (Phi) is 4.98. The fraction of sp³-hybridized carbons (Fsp3) is 0.533. The van der Waals surface area contributed by atoms with Gasteiger partial charge < -0.3 is 10.2 Å². The van der Waals surface area contributed by atoms with Crippen molar-refractivity contribution in [2.45, 2.75) is 32.0 Å². The molecule has 9 heteroatoms. The second-order valence-electron chi connectivity index (χ2n) is 5.78. The van der Waals surface area contributed by atoms with Gasteiger partial charge in [-0.25, -0.2) is 9.97 Å². The minimum Gasteiger partial charge on any atom is -0.321 e. The number of likely N-dealkylation sites (tertiary alicyclic amines) is 1. The molecular formula is C15H19F3N6. The van der Waals surface area contributed by atoms with Gasteiger partial charge in [0, 0.05) is 18.9 Å². The lowest BCUT2D eigenvalue weighted by Crippen LogP contribution is -2.32. The summed E-state index contributed by atoms with van der Waals surface area (Å²) >= 11 is 0. The molecule has 0 amide bonds. The standard InChI is InChI=1S/C15H19F3N6/c16-15(17,18)13-4-5-19-14(22-13)21-12-10-20-24(11-12)9-8-23-6-2-1-3-7-23/h4-5,10-11H,1-3,6-9H2,(H,19,21,22). The number of alkyl halides is 3. The smallest absolute Gasteiger partial charge is 0.321 e. The molecule has 1 N–H and O–H groups in total. The minimum absolute atomic E-state index is 0.0968. The Labute approximate surface area is 137 Å². The maximum atomic E-state index is 12.6. The van der Waals surface area contributed by atoms with Crippen molar-refractivity contribution in [3.8, 4) is 0 Å². The number of hydrogen-bond acceptors (Lipinski definition) is 5. The molecule has 1 fully saturated rings. The molecule has 6 nitrogen and oxygen atoms in total. The Hall–Kier alpha value is -2.16. The highest BCUT2D eigenvalue weighted by Gasteiger charge is 2.32. The zero-order chi connectivity index (χ0) is 17.0. The van der Waals surface area contributed by atoms with Gasteiger partial charge in [-0.15, -0.1) is 0 Å². The number of aromatic nitrogens is 4. The number of nitrogens with zero attached hydrogens (tertiary/aromatic N) is 5. The van der Waals surface area contributed by atoms with Crippen molar-refractivity contribution < 1.29 is 13.2 Å². The lowest BCUT2D eigenvalue weighted by atomic mass is 10.1. The van der Waals surface area contributed by atoms with E-state index in [0.29, 0.717) is 5.69 Å². The van der Waals surface area contributed by atoms with E-state index in [0.717, 1.165) is 38.4 Å². The Morgan fingerprint density at radius 1 is 1.12 bits per heavy atom. The molecule has 0 radical (unpaired) electrons. The second kappa shape index (κ2) is 7.16. The first-order chi connectivity index (χ1) is 11.5. The van der Waals surface area contributed by atoms with Gasteiger partial charge in [0.2, 0.25) is 5.95 Å². The highest BCUT2D eigenvalue weighted by Crippen LogP contribution is 2.27. The Morgan fingerprint density at radius 3 is 2.67 bits per heavy atom. The van der Waals surface area contributed by atoms with Crippen LogP contribution in [0.15, 0.2) is 24.7 Å². The average Bonchev–Trinajstić information content (AvgIpc) is 3.01. The van der Waals surface area contributed by atoms with Crippen LogP contribution in [-0.4, -0.2) is 44.3 Å². The van der Waals surface area contributed by atoms with E-state index >= 15 is 0 Å². The lowest BCUT2D eigenvalue weighted by molar-refractivity contribution is -0.141. The molecule has 0 aromatic carbocycles. The number of halogens is 3. The first-order valence-corrected chi connectivity index (χ1v) is 7.93. The van der Waals surface area contributed by atoms with Gasteiger partial charge in [0.25, 0.3) is 0 Å². The van der Waals surface area contributed by atoms with Crippen molar-refractivity contribution in [1.82, 2.24) is 24.6 Å². The first-order valence-electron chi connectivity index (χ1n) is 7.93. The van der Waals surface area contributed by atoms with Crippen molar-refractivity contribution in [2.75, 3.05) is 25.0 Å². The molecule has 3 rings (SSSR count). The predicted octanol–water partition coefficient (Wildman–Crippen LogP) is 2.92. The van der Waals surface area contributed by atoms with E-state index < -0.39 is 11.9 Å². The van der Waals surface area contributed by atoms with Crippen molar-refractivity contribution in [3.05, 3.63) is 30.4 Å². The van der Waals surface area contributed by atoms with Gasteiger partial charge in [-0.1, -0.05) is 6.42 Å². The molecule has 1 aliphatic heterocycles. The van der Waals surface area contributed by atoms with Gasteiger partial charge >= 0.3 is 6.18 Å². The summed E-state index contributed by atoms with van der Waals surface area (Å²) in [6.07, 6.45) is 3.66. The monoisotopic (exact) mass is 340 g/mol. The third kappa shape index (κ3) is 4.44. The van der Waals surface area contributed by atoms with Gasteiger partial charge in [0.05, 0.1) is 18.4 Å². The second-order valence-corrected chi connectivity index (χ2v) is 5.78. The van der Waals surface area contributed by atoms with Crippen molar-refractivity contribution in [1.29, 1.82) is 0 Å². The van der Waals surface area contributed by atoms with Gasteiger partial charge in [-0.3, -0.25) is 4.68 Å². The molecule has 0 saturated carbocycles. The van der Waals surface area contributed by atoms with Crippen molar-refractivity contribution >= 4 is 11.6 Å². The SMILES string of the molecule is FC(F)(F)c1ccnc(Nc2cnn(CCN3CCCCC3)c2)n1. The third-order valence-corrected chi connectivity index (χ3v) is 3.93. The van der Waals surface area contributed by atoms with Crippen molar-refractivity contribution in [3.63, 3.8) is 0 Å². The van der Waals surface area contributed by atoms with Crippen LogP contribution in [0.4, 0.5) is 24.8 Å². The molecule has 1 saturated heterocycles. The van der Waals surface area contributed by atoms with Crippen molar-refractivity contribution in [2.24, 2.45) is 0 Å². The van der Waals surface area contributed by atoms with E-state index in [1.165, 1.54) is 19.3 Å². The average molecular weight is 340 g/mol. The van der Waals surface area contributed by atoms with E-state index in [1.54, 1.807) is 17.1 Å². The number of hydrogen-bond donors (Lipinski definition) is 1. The zero-order valence-electron chi connectivity index (χ0n) is 13.1. The van der Waals surface area contributed by atoms with E-state index in [1.807, 2.05) is 0 Å². The first kappa shape index (κ1) is 16.7. The zero-order valence-corrected chi connectivity index (χ0v) is 13.1. The normalized spacial score (nSPS) is 16.3. The van der Waals surface area contributed by atoms with Gasteiger partial charge in [0.15, 0.2) is 0 Å². The van der Waals surface area contributed by atoms with Crippen LogP contribution in [0.2, 0.25) is 0 Å². The number of rotatable bonds is 5. The third-order valence-electron chi connectivity index (χ3n) is 3.93. The molecule has 130 valence electrons. The molecule has 1 aliphatic rings. The summed E-state index contributed by atoms with van der Waals surface area (Å²) in [7, 11) is 0. The van der Waals surface area contributed by atoms with Gasteiger partial charge in [0.1, 0.15) is 5.69 Å². The van der Waals surface area contributed by atoms with Gasteiger partial charge in [-0.05, 0) is 32.0 Å². The molecule has 0 spiro atoms. The maximum Gasteiger partial charge on any atom is 0.433 e. The van der Waals surface area contributed by atoms with Crippen LogP contribution in [0.5, 0.6) is 0 Å². The molecular weight excluding hydrogens is 321 g/mol. The molecule has 0 bridgehead atoms. The largest absolute Gasteiger partial charge is 0.433 e. The summed E-state index contributed by atoms with van der Waals surface area (Å²) in [6.45, 7) is 3.89. The maximum absolute atomic E-state index is 12.6. The number of piperidine rings is 1. The van der Waals surface area contributed by atoms with Crippen LogP contribution >= 0.6 is 0 Å². The summed E-state index contributed by atoms with van der Waals surface area (Å²) < 4.78 is 39.7. The van der Waals surface area contributed by atoms with E-state index in [4.69, 9.17) is 0 Å². The fourth-order valence-electron chi connectivity index (χ4n) is 2.68. The Bertz CT molecular complexity index is 663. The Morgan fingerprint density at radius 2 is 1.92 bits per heavy atom. The molecule has 24 heavy (non-hydrogen) atoms. The quantitative estimate of drug-likeness (QED) is 0.907. The summed E-state index contributed by atoms with van der Waals surface area (Å²) in [4.78, 5) is 9.68. The predicted molar refractivity (Wildman–Crippen MR) is 82.8 cm³/mol. The van der Waals surface area contributed by atoms with Crippen LogP contribution < -0.4 is 5.32 Å². The summed E-state index contributed by atoms with van der Waals surface area (Å²) in [6, 6.07) is 0.840. The molecule has 0 atom stereocenters. The topological polar surface area (TPSA) is 58.9 Å². The molecule has 0 unspecified atom stereocenters. The number of anilines is 2. The molecule has 2 aromatic rings. The minimum atomic E-state index is -4.49. The van der Waals surface area contributed by atoms with Gasteiger partial charge in [-0.2, -0.15) is 18.3 Å². The fourth-order valence-corrected chi connectivity index (χ4v) is 2.68. The summed E-state index contributed by atoms with van der Waals surface area (Å²) in [5, 5.41) is 6.97. The highest BCUT2D eigenvalue weighted by molar-refractivity contribution is 5.50. The Balaban J connectivity index is 1.57. The molecule has 0 aliphatic carbocycles. The lowest BCUT2D eigenvalue weighted by Gasteiger charge is -2.26. The van der Waals surface area contributed by atoms with Crippen LogP contribution in [0, 0.1) is 0 Å². The number of nitrogens with one attached hydrogen (secondary N) is 1. The van der Waals surface area contributed by atoms with E-state index in [-0.39, 0.29) is 5.95 Å². The summed E-state index contributed by atoms with van der Waals surface area (Å²) in [5.41, 5.74) is -0.412.